The number of hydrogen-bond donors (Lipinski definition) is 1. The number of fused-ring (bicyclic) bond motifs is 2. The Hall–Kier alpha value is -3.76. The van der Waals surface area contributed by atoms with Gasteiger partial charge in [-0.3, -0.25) is 14.6 Å². The van der Waals surface area contributed by atoms with Gasteiger partial charge in [0.2, 0.25) is 6.79 Å². The monoisotopic (exact) mass is 543 g/mol. The quantitative estimate of drug-likeness (QED) is 0.374. The van der Waals surface area contributed by atoms with Gasteiger partial charge in [0.05, 0.1) is 11.1 Å². The minimum absolute atomic E-state index is 0.101. The summed E-state index contributed by atoms with van der Waals surface area (Å²) in [6, 6.07) is 12.0. The molecular weight excluding hydrogens is 506 g/mol. The van der Waals surface area contributed by atoms with Gasteiger partial charge in [-0.25, -0.2) is 4.68 Å². The fourth-order valence-electron chi connectivity index (χ4n) is 5.83. The van der Waals surface area contributed by atoms with Crippen molar-refractivity contribution in [1.29, 1.82) is 0 Å². The van der Waals surface area contributed by atoms with E-state index in [1.54, 1.807) is 0 Å². The number of aryl methyl sites for hydroxylation is 2. The minimum atomic E-state index is -0.373. The number of nitrogens with zero attached hydrogens (tertiary/aromatic N) is 6. The van der Waals surface area contributed by atoms with Crippen LogP contribution in [0.5, 0.6) is 11.5 Å². The van der Waals surface area contributed by atoms with Crippen LogP contribution in [0, 0.1) is 13.8 Å². The number of aromatic amines is 1. The molecule has 0 aliphatic carbocycles. The molecule has 1 N–H and O–H groups in total. The molecule has 0 spiro atoms. The van der Waals surface area contributed by atoms with Crippen molar-refractivity contribution in [2.75, 3.05) is 33.0 Å². The molecule has 2 aromatic heterocycles. The Morgan fingerprint density at radius 1 is 1.02 bits per heavy atom. The SMILES string of the molecule is CCC(C)(C)n1nnnc1[C@@H](c1cc2cc(C)cc(C)c2[nH]c1=O)N1CCN(Cc2ccc3c(c2)OCO3)CC1. The van der Waals surface area contributed by atoms with Crippen molar-refractivity contribution in [3.63, 3.8) is 0 Å². The van der Waals surface area contributed by atoms with Crippen LogP contribution in [-0.4, -0.2) is 68.0 Å². The predicted octanol–water partition coefficient (Wildman–Crippen LogP) is 3.91. The fraction of sp³-hybridized carbons (Fsp3) is 0.467. The highest BCUT2D eigenvalue weighted by atomic mass is 16.7. The highest BCUT2D eigenvalue weighted by molar-refractivity contribution is 5.83. The molecule has 0 saturated carbocycles. The molecule has 40 heavy (non-hydrogen) atoms. The summed E-state index contributed by atoms with van der Waals surface area (Å²) >= 11 is 0. The van der Waals surface area contributed by atoms with Gasteiger partial charge in [0.1, 0.15) is 6.04 Å². The second-order valence-corrected chi connectivity index (χ2v) is 11.6. The van der Waals surface area contributed by atoms with Crippen molar-refractivity contribution in [2.45, 2.75) is 59.2 Å². The molecule has 4 aromatic rings. The lowest BCUT2D eigenvalue weighted by Crippen LogP contribution is -2.49. The van der Waals surface area contributed by atoms with E-state index in [-0.39, 0.29) is 23.9 Å². The van der Waals surface area contributed by atoms with E-state index in [0.29, 0.717) is 11.4 Å². The molecule has 210 valence electrons. The van der Waals surface area contributed by atoms with Crippen molar-refractivity contribution >= 4 is 10.9 Å². The summed E-state index contributed by atoms with van der Waals surface area (Å²) in [4.78, 5) is 21.6. The van der Waals surface area contributed by atoms with Gasteiger partial charge >= 0.3 is 0 Å². The average Bonchev–Trinajstić information content (AvgIpc) is 3.61. The molecule has 0 amide bonds. The van der Waals surface area contributed by atoms with Gasteiger partial charge in [-0.15, -0.1) is 5.10 Å². The molecule has 1 fully saturated rings. The molecule has 10 nitrogen and oxygen atoms in total. The standard InChI is InChI=1S/C30H37N7O3/c1-6-30(4,5)37-28(32-33-34-37)27(23-16-22-14-19(2)13-20(3)26(22)31-29(23)38)36-11-9-35(10-12-36)17-21-7-8-24-25(15-21)40-18-39-24/h7-8,13-16,27H,6,9-12,17-18H2,1-5H3,(H,31,38)/t27-/m1/s1. The zero-order valence-corrected chi connectivity index (χ0v) is 23.9. The Balaban J connectivity index is 1.33. The highest BCUT2D eigenvalue weighted by Crippen LogP contribution is 2.34. The summed E-state index contributed by atoms with van der Waals surface area (Å²) in [5.74, 6) is 2.31. The first-order valence-electron chi connectivity index (χ1n) is 14.0. The third-order valence-electron chi connectivity index (χ3n) is 8.41. The Morgan fingerprint density at radius 2 is 1.80 bits per heavy atom. The molecule has 0 bridgehead atoms. The number of piperazine rings is 1. The molecule has 0 radical (unpaired) electrons. The normalized spacial score (nSPS) is 17.0. The first-order chi connectivity index (χ1) is 19.2. The van der Waals surface area contributed by atoms with E-state index in [4.69, 9.17) is 9.47 Å². The molecule has 6 rings (SSSR count). The number of nitrogens with one attached hydrogen (secondary N) is 1. The number of benzene rings is 2. The van der Waals surface area contributed by atoms with Crippen LogP contribution in [0.1, 0.15) is 61.3 Å². The van der Waals surface area contributed by atoms with Crippen LogP contribution in [0.3, 0.4) is 0 Å². The third-order valence-corrected chi connectivity index (χ3v) is 8.41. The fourth-order valence-corrected chi connectivity index (χ4v) is 5.83. The van der Waals surface area contributed by atoms with Gasteiger partial charge in [-0.05, 0) is 85.3 Å². The van der Waals surface area contributed by atoms with Gasteiger partial charge in [0, 0.05) is 38.3 Å². The van der Waals surface area contributed by atoms with Crippen molar-refractivity contribution < 1.29 is 9.47 Å². The number of pyridine rings is 1. The molecule has 1 saturated heterocycles. The molecule has 1 atom stereocenters. The number of rotatable bonds is 7. The number of H-pyrrole nitrogens is 1. The molecule has 2 aromatic carbocycles. The summed E-state index contributed by atoms with van der Waals surface area (Å²) in [5, 5.41) is 14.0. The van der Waals surface area contributed by atoms with E-state index >= 15 is 0 Å². The lowest BCUT2D eigenvalue weighted by atomic mass is 9.98. The van der Waals surface area contributed by atoms with Gasteiger partial charge < -0.3 is 14.5 Å². The van der Waals surface area contributed by atoms with Crippen LogP contribution in [0.4, 0.5) is 0 Å². The second-order valence-electron chi connectivity index (χ2n) is 11.6. The Bertz CT molecular complexity index is 1600. The van der Waals surface area contributed by atoms with E-state index in [0.717, 1.165) is 72.7 Å². The average molecular weight is 544 g/mol. The summed E-state index contributed by atoms with van der Waals surface area (Å²) < 4.78 is 12.9. The molecule has 2 aliphatic heterocycles. The number of tetrazole rings is 1. The maximum absolute atomic E-state index is 13.7. The van der Waals surface area contributed by atoms with Crippen LogP contribution >= 0.6 is 0 Å². The summed E-state index contributed by atoms with van der Waals surface area (Å²) in [6.45, 7) is 14.9. The van der Waals surface area contributed by atoms with E-state index < -0.39 is 0 Å². The Labute approximate surface area is 233 Å². The summed E-state index contributed by atoms with van der Waals surface area (Å²) in [6.07, 6.45) is 0.855. The van der Waals surface area contributed by atoms with E-state index in [2.05, 4.69) is 82.3 Å². The molecule has 0 unspecified atom stereocenters. The van der Waals surface area contributed by atoms with Crippen molar-refractivity contribution in [2.24, 2.45) is 0 Å². The van der Waals surface area contributed by atoms with Crippen LogP contribution in [0.15, 0.2) is 41.2 Å². The van der Waals surface area contributed by atoms with Crippen molar-refractivity contribution in [3.8, 4) is 11.5 Å². The smallest absolute Gasteiger partial charge is 0.253 e. The van der Waals surface area contributed by atoms with Gasteiger partial charge in [-0.1, -0.05) is 24.6 Å². The van der Waals surface area contributed by atoms with Crippen LogP contribution < -0.4 is 15.0 Å². The summed E-state index contributed by atoms with van der Waals surface area (Å²) in [7, 11) is 0. The van der Waals surface area contributed by atoms with Gasteiger partial charge in [0.15, 0.2) is 17.3 Å². The predicted molar refractivity (Wildman–Crippen MR) is 153 cm³/mol. The Morgan fingerprint density at radius 3 is 2.58 bits per heavy atom. The van der Waals surface area contributed by atoms with Crippen LogP contribution in [-0.2, 0) is 12.1 Å². The maximum atomic E-state index is 13.7. The number of aromatic nitrogens is 5. The first kappa shape index (κ1) is 26.5. The van der Waals surface area contributed by atoms with E-state index in [1.165, 1.54) is 5.56 Å². The number of hydrogen-bond acceptors (Lipinski definition) is 8. The summed E-state index contributed by atoms with van der Waals surface area (Å²) in [5.41, 5.74) is 4.56. The van der Waals surface area contributed by atoms with Crippen LogP contribution in [0.2, 0.25) is 0 Å². The van der Waals surface area contributed by atoms with Crippen molar-refractivity contribution in [1.82, 2.24) is 35.0 Å². The molecular formula is C30H37N7O3. The topological polar surface area (TPSA) is 101 Å². The maximum Gasteiger partial charge on any atom is 0.253 e. The van der Waals surface area contributed by atoms with Crippen LogP contribution in [0.25, 0.3) is 10.9 Å². The lowest BCUT2D eigenvalue weighted by Gasteiger charge is -2.39. The van der Waals surface area contributed by atoms with E-state index in [9.17, 15) is 4.79 Å². The van der Waals surface area contributed by atoms with E-state index in [1.807, 2.05) is 23.7 Å². The lowest BCUT2D eigenvalue weighted by molar-refractivity contribution is 0.0968. The van der Waals surface area contributed by atoms with Gasteiger partial charge in [-0.2, -0.15) is 0 Å². The van der Waals surface area contributed by atoms with Crippen molar-refractivity contribution in [3.05, 3.63) is 74.8 Å². The zero-order chi connectivity index (χ0) is 28.0. The third kappa shape index (κ3) is 4.86. The highest BCUT2D eigenvalue weighted by Gasteiger charge is 2.35. The number of ether oxygens (including phenoxy) is 2. The minimum Gasteiger partial charge on any atom is -0.454 e. The Kier molecular flexibility index (Phi) is 6.83. The largest absolute Gasteiger partial charge is 0.454 e. The zero-order valence-electron chi connectivity index (χ0n) is 23.9. The molecule has 4 heterocycles. The second kappa shape index (κ2) is 10.3. The van der Waals surface area contributed by atoms with Gasteiger partial charge in [0.25, 0.3) is 5.56 Å². The first-order valence-corrected chi connectivity index (χ1v) is 14.0. The molecule has 2 aliphatic rings. The molecule has 10 heteroatoms.